The lowest BCUT2D eigenvalue weighted by Crippen LogP contribution is -2.26. The fourth-order valence-electron chi connectivity index (χ4n) is 2.32. The second-order valence-electron chi connectivity index (χ2n) is 6.18. The standard InChI is InChI=1S/C20H23N3O2/c1-23(2)14-18(24)10-11-19(25)17-8-5-15(6-9-17)3-4-16-7-12-20(21)22-13-16/h5-9,12-13,18,24H,10-11,14H2,1-2H3,(H2,21,22). The molecule has 5 heteroatoms. The van der Waals surface area contributed by atoms with Crippen molar-refractivity contribution in [2.75, 3.05) is 26.4 Å². The normalized spacial score (nSPS) is 11.7. The summed E-state index contributed by atoms with van der Waals surface area (Å²) in [5.74, 6) is 6.53. The van der Waals surface area contributed by atoms with E-state index in [1.807, 2.05) is 37.2 Å². The number of likely N-dealkylation sites (N-methyl/N-ethyl adjacent to an activating group) is 1. The third-order valence-corrected chi connectivity index (χ3v) is 3.62. The highest BCUT2D eigenvalue weighted by atomic mass is 16.3. The number of nitrogens with zero attached hydrogens (tertiary/aromatic N) is 2. The number of aliphatic hydroxyl groups is 1. The van der Waals surface area contributed by atoms with Crippen LogP contribution in [0.15, 0.2) is 42.6 Å². The third-order valence-electron chi connectivity index (χ3n) is 3.62. The van der Waals surface area contributed by atoms with Gasteiger partial charge in [-0.15, -0.1) is 0 Å². The third kappa shape index (κ3) is 6.38. The lowest BCUT2D eigenvalue weighted by Gasteiger charge is -2.15. The molecule has 0 radical (unpaired) electrons. The summed E-state index contributed by atoms with van der Waals surface area (Å²) in [5, 5.41) is 9.83. The van der Waals surface area contributed by atoms with Gasteiger partial charge in [-0.05, 0) is 44.8 Å². The summed E-state index contributed by atoms with van der Waals surface area (Å²) in [4.78, 5) is 18.1. The maximum absolute atomic E-state index is 12.2. The van der Waals surface area contributed by atoms with Crippen LogP contribution in [0.5, 0.6) is 0 Å². The number of hydrogen-bond donors (Lipinski definition) is 2. The molecule has 2 rings (SSSR count). The Labute approximate surface area is 148 Å². The van der Waals surface area contributed by atoms with Gasteiger partial charge >= 0.3 is 0 Å². The summed E-state index contributed by atoms with van der Waals surface area (Å²) < 4.78 is 0. The lowest BCUT2D eigenvalue weighted by atomic mass is 10.0. The zero-order valence-electron chi connectivity index (χ0n) is 14.6. The Morgan fingerprint density at radius 1 is 1.16 bits per heavy atom. The summed E-state index contributed by atoms with van der Waals surface area (Å²) in [6.07, 6.45) is 1.93. The number of Topliss-reactive ketones (excluding diaryl/α,β-unsaturated/α-hetero) is 1. The molecular formula is C20H23N3O2. The molecule has 3 N–H and O–H groups in total. The van der Waals surface area contributed by atoms with E-state index in [1.54, 1.807) is 24.4 Å². The SMILES string of the molecule is CN(C)CC(O)CCC(=O)c1ccc(C#Cc2ccc(N)nc2)cc1. The molecule has 0 saturated carbocycles. The number of nitrogen functional groups attached to an aromatic ring is 1. The molecule has 1 aromatic heterocycles. The molecule has 2 aromatic rings. The number of hydrogen-bond acceptors (Lipinski definition) is 5. The van der Waals surface area contributed by atoms with Crippen LogP contribution >= 0.6 is 0 Å². The van der Waals surface area contributed by atoms with E-state index < -0.39 is 6.10 Å². The molecule has 0 amide bonds. The number of aliphatic hydroxyl groups excluding tert-OH is 1. The number of anilines is 1. The molecule has 1 aromatic carbocycles. The van der Waals surface area contributed by atoms with Crippen molar-refractivity contribution in [3.63, 3.8) is 0 Å². The Balaban J connectivity index is 1.93. The highest BCUT2D eigenvalue weighted by molar-refractivity contribution is 5.96. The Hall–Kier alpha value is -2.68. The molecule has 1 heterocycles. The number of rotatable bonds is 6. The minimum atomic E-state index is -0.488. The van der Waals surface area contributed by atoms with Crippen LogP contribution in [0.1, 0.15) is 34.3 Å². The first-order chi connectivity index (χ1) is 11.9. The first kappa shape index (κ1) is 18.7. The summed E-state index contributed by atoms with van der Waals surface area (Å²) >= 11 is 0. The van der Waals surface area contributed by atoms with Gasteiger partial charge < -0.3 is 15.7 Å². The molecule has 5 nitrogen and oxygen atoms in total. The molecule has 0 fully saturated rings. The maximum Gasteiger partial charge on any atom is 0.162 e. The van der Waals surface area contributed by atoms with E-state index in [4.69, 9.17) is 5.73 Å². The van der Waals surface area contributed by atoms with Gasteiger partial charge in [-0.25, -0.2) is 4.98 Å². The van der Waals surface area contributed by atoms with Crippen molar-refractivity contribution in [1.82, 2.24) is 9.88 Å². The molecule has 25 heavy (non-hydrogen) atoms. The van der Waals surface area contributed by atoms with Gasteiger partial charge in [0.2, 0.25) is 0 Å². The molecule has 1 atom stereocenters. The van der Waals surface area contributed by atoms with Gasteiger partial charge in [0, 0.05) is 35.9 Å². The predicted molar refractivity (Wildman–Crippen MR) is 99.2 cm³/mol. The summed E-state index contributed by atoms with van der Waals surface area (Å²) in [5.41, 5.74) is 7.77. The number of aromatic nitrogens is 1. The first-order valence-corrected chi connectivity index (χ1v) is 8.13. The average molecular weight is 337 g/mol. The van der Waals surface area contributed by atoms with Crippen molar-refractivity contribution in [3.8, 4) is 11.8 Å². The minimum Gasteiger partial charge on any atom is -0.392 e. The molecule has 1 unspecified atom stereocenters. The molecular weight excluding hydrogens is 314 g/mol. The number of benzene rings is 1. The van der Waals surface area contributed by atoms with Crippen molar-refractivity contribution in [1.29, 1.82) is 0 Å². The molecule has 130 valence electrons. The van der Waals surface area contributed by atoms with Crippen LogP contribution in [0.25, 0.3) is 0 Å². The fourth-order valence-corrected chi connectivity index (χ4v) is 2.32. The first-order valence-electron chi connectivity index (χ1n) is 8.13. The van der Waals surface area contributed by atoms with Crippen LogP contribution in [0, 0.1) is 11.8 Å². The van der Waals surface area contributed by atoms with E-state index in [0.29, 0.717) is 30.8 Å². The van der Waals surface area contributed by atoms with E-state index in [9.17, 15) is 9.90 Å². The number of nitrogens with two attached hydrogens (primary N) is 1. The second-order valence-corrected chi connectivity index (χ2v) is 6.18. The van der Waals surface area contributed by atoms with Crippen molar-refractivity contribution in [2.45, 2.75) is 18.9 Å². The van der Waals surface area contributed by atoms with Gasteiger partial charge in [0.1, 0.15) is 5.82 Å². The summed E-state index contributed by atoms with van der Waals surface area (Å²) in [6.45, 7) is 0.557. The topological polar surface area (TPSA) is 79.5 Å². The predicted octanol–water partition coefficient (Wildman–Crippen LogP) is 1.95. The Bertz CT molecular complexity index is 756. The van der Waals surface area contributed by atoms with Crippen molar-refractivity contribution < 1.29 is 9.90 Å². The fraction of sp³-hybridized carbons (Fsp3) is 0.300. The largest absolute Gasteiger partial charge is 0.392 e. The number of ketones is 1. The minimum absolute atomic E-state index is 0.0278. The van der Waals surface area contributed by atoms with E-state index in [-0.39, 0.29) is 5.78 Å². The average Bonchev–Trinajstić information content (AvgIpc) is 2.59. The zero-order chi connectivity index (χ0) is 18.2. The molecule has 0 saturated heterocycles. The maximum atomic E-state index is 12.2. The van der Waals surface area contributed by atoms with Crippen molar-refractivity contribution in [3.05, 3.63) is 59.3 Å². The monoisotopic (exact) mass is 337 g/mol. The summed E-state index contributed by atoms with van der Waals surface area (Å²) in [6, 6.07) is 10.7. The number of carbonyl (C=O) groups excluding carboxylic acids is 1. The smallest absolute Gasteiger partial charge is 0.162 e. The molecule has 0 aliphatic heterocycles. The van der Waals surface area contributed by atoms with E-state index in [1.165, 1.54) is 0 Å². The molecule has 0 aliphatic carbocycles. The van der Waals surface area contributed by atoms with E-state index in [0.717, 1.165) is 11.1 Å². The lowest BCUT2D eigenvalue weighted by molar-refractivity contribution is 0.0909. The van der Waals surface area contributed by atoms with Crippen LogP contribution in [0.4, 0.5) is 5.82 Å². The van der Waals surface area contributed by atoms with Crippen molar-refractivity contribution in [2.24, 2.45) is 0 Å². The van der Waals surface area contributed by atoms with Crippen LogP contribution in [0.2, 0.25) is 0 Å². The highest BCUT2D eigenvalue weighted by Crippen LogP contribution is 2.10. The zero-order valence-corrected chi connectivity index (χ0v) is 14.6. The molecule has 0 bridgehead atoms. The van der Waals surface area contributed by atoms with E-state index in [2.05, 4.69) is 16.8 Å². The number of carbonyl (C=O) groups is 1. The van der Waals surface area contributed by atoms with E-state index >= 15 is 0 Å². The van der Waals surface area contributed by atoms with Gasteiger partial charge in [0.25, 0.3) is 0 Å². The van der Waals surface area contributed by atoms with Crippen LogP contribution < -0.4 is 5.73 Å². The van der Waals surface area contributed by atoms with Gasteiger partial charge in [-0.3, -0.25) is 4.79 Å². The Morgan fingerprint density at radius 3 is 2.40 bits per heavy atom. The van der Waals surface area contributed by atoms with Crippen molar-refractivity contribution >= 4 is 11.6 Å². The molecule has 0 aliphatic rings. The Kier molecular flexibility index (Phi) is 6.70. The van der Waals surface area contributed by atoms with Gasteiger partial charge in [0.05, 0.1) is 6.10 Å². The van der Waals surface area contributed by atoms with Crippen LogP contribution in [0.3, 0.4) is 0 Å². The quantitative estimate of drug-likeness (QED) is 0.622. The highest BCUT2D eigenvalue weighted by Gasteiger charge is 2.10. The molecule has 0 spiro atoms. The summed E-state index contributed by atoms with van der Waals surface area (Å²) in [7, 11) is 3.79. The van der Waals surface area contributed by atoms with Crippen LogP contribution in [-0.4, -0.2) is 47.5 Å². The second kappa shape index (κ2) is 8.97. The van der Waals surface area contributed by atoms with Crippen LogP contribution in [-0.2, 0) is 0 Å². The number of pyridine rings is 1. The Morgan fingerprint density at radius 2 is 1.80 bits per heavy atom. The van der Waals surface area contributed by atoms with Gasteiger partial charge in [-0.1, -0.05) is 24.0 Å². The van der Waals surface area contributed by atoms with Gasteiger partial charge in [-0.2, -0.15) is 0 Å². The van der Waals surface area contributed by atoms with Gasteiger partial charge in [0.15, 0.2) is 5.78 Å².